The van der Waals surface area contributed by atoms with E-state index >= 15 is 0 Å². The number of hydrogen-bond acceptors (Lipinski definition) is 2. The molecule has 0 saturated carbocycles. The topological polar surface area (TPSA) is 35.2 Å². The summed E-state index contributed by atoms with van der Waals surface area (Å²) in [5.41, 5.74) is 7.02. The van der Waals surface area contributed by atoms with Crippen LogP contribution in [-0.4, -0.2) is 12.6 Å². The van der Waals surface area contributed by atoms with Gasteiger partial charge in [-0.1, -0.05) is 26.3 Å². The van der Waals surface area contributed by atoms with Crippen LogP contribution >= 0.6 is 15.9 Å². The second kappa shape index (κ2) is 7.02. The van der Waals surface area contributed by atoms with Gasteiger partial charge in [-0.05, 0) is 52.9 Å². The van der Waals surface area contributed by atoms with Gasteiger partial charge in [-0.3, -0.25) is 0 Å². The lowest BCUT2D eigenvalue weighted by atomic mass is 10.1. The third-order valence-electron chi connectivity index (χ3n) is 2.77. The summed E-state index contributed by atoms with van der Waals surface area (Å²) in [6, 6.07) is 6.38. The highest BCUT2D eigenvalue weighted by Gasteiger charge is 2.06. The van der Waals surface area contributed by atoms with Crippen LogP contribution in [0.4, 0.5) is 0 Å². The SMILES string of the molecule is CCC(C)COc1ccc(CC(C)N)cc1Br. The van der Waals surface area contributed by atoms with Gasteiger partial charge in [-0.25, -0.2) is 0 Å². The van der Waals surface area contributed by atoms with E-state index in [4.69, 9.17) is 10.5 Å². The van der Waals surface area contributed by atoms with Crippen LogP contribution in [0.3, 0.4) is 0 Å². The van der Waals surface area contributed by atoms with Gasteiger partial charge in [-0.2, -0.15) is 0 Å². The molecule has 0 aliphatic rings. The second-order valence-corrected chi connectivity index (χ2v) is 5.62. The van der Waals surface area contributed by atoms with Gasteiger partial charge in [0, 0.05) is 6.04 Å². The molecule has 0 spiro atoms. The van der Waals surface area contributed by atoms with Gasteiger partial charge in [0.05, 0.1) is 11.1 Å². The van der Waals surface area contributed by atoms with E-state index in [0.29, 0.717) is 5.92 Å². The van der Waals surface area contributed by atoms with Crippen LogP contribution in [0.15, 0.2) is 22.7 Å². The van der Waals surface area contributed by atoms with Crippen molar-refractivity contribution in [3.8, 4) is 5.75 Å². The fraction of sp³-hybridized carbons (Fsp3) is 0.571. The molecule has 2 N–H and O–H groups in total. The molecule has 2 nitrogen and oxygen atoms in total. The Kier molecular flexibility index (Phi) is 6.00. The molecule has 0 bridgehead atoms. The predicted molar refractivity (Wildman–Crippen MR) is 76.4 cm³/mol. The Bertz CT molecular complexity index is 352. The molecule has 2 atom stereocenters. The highest BCUT2D eigenvalue weighted by atomic mass is 79.9. The molecule has 0 saturated heterocycles. The Hall–Kier alpha value is -0.540. The van der Waals surface area contributed by atoms with Crippen molar-refractivity contribution >= 4 is 15.9 Å². The van der Waals surface area contributed by atoms with Crippen molar-refractivity contribution in [3.63, 3.8) is 0 Å². The molecule has 1 aromatic carbocycles. The quantitative estimate of drug-likeness (QED) is 0.868. The van der Waals surface area contributed by atoms with E-state index in [2.05, 4.69) is 41.9 Å². The lowest BCUT2D eigenvalue weighted by molar-refractivity contribution is 0.255. The van der Waals surface area contributed by atoms with Gasteiger partial charge in [-0.15, -0.1) is 0 Å². The molecule has 0 radical (unpaired) electrons. The van der Waals surface area contributed by atoms with Crippen LogP contribution in [0, 0.1) is 5.92 Å². The predicted octanol–water partition coefficient (Wildman–Crippen LogP) is 3.76. The first-order valence-electron chi connectivity index (χ1n) is 6.19. The Balaban J connectivity index is 2.63. The van der Waals surface area contributed by atoms with E-state index < -0.39 is 0 Å². The van der Waals surface area contributed by atoms with Gasteiger partial charge < -0.3 is 10.5 Å². The van der Waals surface area contributed by atoms with Crippen molar-refractivity contribution in [2.75, 3.05) is 6.61 Å². The molecule has 3 heteroatoms. The summed E-state index contributed by atoms with van der Waals surface area (Å²) < 4.78 is 6.78. The molecule has 2 unspecified atom stereocenters. The molecule has 0 amide bonds. The number of nitrogens with two attached hydrogens (primary N) is 1. The van der Waals surface area contributed by atoms with Crippen molar-refractivity contribution in [2.45, 2.75) is 39.7 Å². The molecule has 1 aromatic rings. The van der Waals surface area contributed by atoms with Crippen LogP contribution < -0.4 is 10.5 Å². The molecule has 0 heterocycles. The number of rotatable bonds is 6. The number of halogens is 1. The largest absolute Gasteiger partial charge is 0.492 e. The minimum atomic E-state index is 0.189. The maximum atomic E-state index is 5.78. The van der Waals surface area contributed by atoms with Crippen molar-refractivity contribution in [1.82, 2.24) is 0 Å². The lowest BCUT2D eigenvalue weighted by Gasteiger charge is -2.13. The maximum absolute atomic E-state index is 5.78. The van der Waals surface area contributed by atoms with Crippen molar-refractivity contribution in [2.24, 2.45) is 11.7 Å². The zero-order valence-electron chi connectivity index (χ0n) is 10.9. The van der Waals surface area contributed by atoms with E-state index in [1.807, 2.05) is 13.0 Å². The monoisotopic (exact) mass is 299 g/mol. The first-order chi connectivity index (χ1) is 8.02. The fourth-order valence-corrected chi connectivity index (χ4v) is 2.05. The molecular weight excluding hydrogens is 278 g/mol. The minimum Gasteiger partial charge on any atom is -0.492 e. The van der Waals surface area contributed by atoms with E-state index in [0.717, 1.165) is 29.7 Å². The van der Waals surface area contributed by atoms with Crippen LogP contribution in [0.1, 0.15) is 32.8 Å². The highest BCUT2D eigenvalue weighted by molar-refractivity contribution is 9.10. The fourth-order valence-electron chi connectivity index (χ4n) is 1.51. The summed E-state index contributed by atoms with van der Waals surface area (Å²) in [5.74, 6) is 1.50. The minimum absolute atomic E-state index is 0.189. The molecular formula is C14H22BrNO. The van der Waals surface area contributed by atoms with Gasteiger partial charge in [0.1, 0.15) is 5.75 Å². The van der Waals surface area contributed by atoms with E-state index in [9.17, 15) is 0 Å². The molecule has 0 aliphatic carbocycles. The summed E-state index contributed by atoms with van der Waals surface area (Å²) in [6.07, 6.45) is 2.03. The average molecular weight is 300 g/mol. The Morgan fingerprint density at radius 3 is 2.59 bits per heavy atom. The van der Waals surface area contributed by atoms with Crippen molar-refractivity contribution in [3.05, 3.63) is 28.2 Å². The van der Waals surface area contributed by atoms with Crippen molar-refractivity contribution in [1.29, 1.82) is 0 Å². The van der Waals surface area contributed by atoms with Crippen LogP contribution in [0.25, 0.3) is 0 Å². The normalized spacial score (nSPS) is 14.4. The summed E-state index contributed by atoms with van der Waals surface area (Å²) >= 11 is 3.54. The highest BCUT2D eigenvalue weighted by Crippen LogP contribution is 2.27. The zero-order valence-corrected chi connectivity index (χ0v) is 12.5. The maximum Gasteiger partial charge on any atom is 0.133 e. The summed E-state index contributed by atoms with van der Waals surface area (Å²) in [6.45, 7) is 7.15. The molecule has 0 aliphatic heterocycles. The first-order valence-corrected chi connectivity index (χ1v) is 6.99. The number of hydrogen-bond donors (Lipinski definition) is 1. The Morgan fingerprint density at radius 1 is 1.35 bits per heavy atom. The summed E-state index contributed by atoms with van der Waals surface area (Å²) in [5, 5.41) is 0. The smallest absolute Gasteiger partial charge is 0.133 e. The summed E-state index contributed by atoms with van der Waals surface area (Å²) in [4.78, 5) is 0. The van der Waals surface area contributed by atoms with Gasteiger partial charge in [0.25, 0.3) is 0 Å². The molecule has 96 valence electrons. The average Bonchev–Trinajstić information content (AvgIpc) is 2.26. The number of ether oxygens (including phenoxy) is 1. The third-order valence-corrected chi connectivity index (χ3v) is 3.39. The van der Waals surface area contributed by atoms with E-state index in [-0.39, 0.29) is 6.04 Å². The van der Waals surface area contributed by atoms with E-state index in [1.165, 1.54) is 5.56 Å². The van der Waals surface area contributed by atoms with E-state index in [1.54, 1.807) is 0 Å². The van der Waals surface area contributed by atoms with Gasteiger partial charge >= 0.3 is 0 Å². The van der Waals surface area contributed by atoms with Gasteiger partial charge in [0.15, 0.2) is 0 Å². The molecule has 17 heavy (non-hydrogen) atoms. The van der Waals surface area contributed by atoms with Crippen LogP contribution in [0.5, 0.6) is 5.75 Å². The van der Waals surface area contributed by atoms with Crippen LogP contribution in [-0.2, 0) is 6.42 Å². The molecule has 0 aromatic heterocycles. The van der Waals surface area contributed by atoms with Crippen LogP contribution in [0.2, 0.25) is 0 Å². The third kappa shape index (κ3) is 5.09. The second-order valence-electron chi connectivity index (χ2n) is 4.77. The first kappa shape index (κ1) is 14.5. The standard InChI is InChI=1S/C14H22BrNO/c1-4-10(2)9-17-14-6-5-12(7-11(3)16)8-13(14)15/h5-6,8,10-11H,4,7,9,16H2,1-3H3. The van der Waals surface area contributed by atoms with Gasteiger partial charge in [0.2, 0.25) is 0 Å². The molecule has 1 rings (SSSR count). The van der Waals surface area contributed by atoms with Crippen molar-refractivity contribution < 1.29 is 4.74 Å². The zero-order chi connectivity index (χ0) is 12.8. The summed E-state index contributed by atoms with van der Waals surface area (Å²) in [7, 11) is 0. The molecule has 0 fully saturated rings. The Morgan fingerprint density at radius 2 is 2.06 bits per heavy atom. The number of benzene rings is 1. The Labute approximate surface area is 113 Å². The lowest BCUT2D eigenvalue weighted by Crippen LogP contribution is -2.17.